The van der Waals surface area contributed by atoms with Crippen LogP contribution in [0.5, 0.6) is 0 Å². The number of rotatable bonds is 4. The molecule has 2 saturated heterocycles. The van der Waals surface area contributed by atoms with Crippen LogP contribution >= 0.6 is 0 Å². The van der Waals surface area contributed by atoms with E-state index < -0.39 is 0 Å². The van der Waals surface area contributed by atoms with Crippen LogP contribution in [0.1, 0.15) is 5.56 Å². The zero-order valence-electron chi connectivity index (χ0n) is 14.7. The number of carbonyl (C=O) groups excluding carboxylic acids is 2. The molecule has 4 rings (SSSR count). The van der Waals surface area contributed by atoms with Gasteiger partial charge in [-0.2, -0.15) is 0 Å². The van der Waals surface area contributed by atoms with Gasteiger partial charge < -0.3 is 15.0 Å². The molecular formula is C20H20FN3O3. The fourth-order valence-electron chi connectivity index (χ4n) is 3.79. The Kier molecular flexibility index (Phi) is 4.85. The number of likely N-dealkylation sites (tertiary alicyclic amines) is 1. The van der Waals surface area contributed by atoms with Crippen molar-refractivity contribution in [1.82, 2.24) is 9.88 Å². The predicted molar refractivity (Wildman–Crippen MR) is 96.3 cm³/mol. The highest BCUT2D eigenvalue weighted by Gasteiger charge is 2.47. The lowest BCUT2D eigenvalue weighted by atomic mass is 9.92. The maximum Gasteiger partial charge on any atom is 0.230 e. The molecule has 3 atom stereocenters. The monoisotopic (exact) mass is 369 g/mol. The number of nitrogens with one attached hydrogen (secondary N) is 1. The summed E-state index contributed by atoms with van der Waals surface area (Å²) < 4.78 is 19.1. The highest BCUT2D eigenvalue weighted by atomic mass is 19.1. The van der Waals surface area contributed by atoms with Gasteiger partial charge in [0.15, 0.2) is 0 Å². The molecule has 0 aliphatic carbocycles. The van der Waals surface area contributed by atoms with Crippen molar-refractivity contribution < 1.29 is 18.7 Å². The minimum Gasteiger partial charge on any atom is -0.375 e. The average Bonchev–Trinajstić information content (AvgIpc) is 3.23. The summed E-state index contributed by atoms with van der Waals surface area (Å²) in [5.41, 5.74) is 1.28. The SMILES string of the molecule is O=C(Nc1cccnc1)[C@@H]1CO[C@@H]2CN(C(=O)Cc3cccc(F)c3)C[C@@H]21. The maximum absolute atomic E-state index is 13.3. The highest BCUT2D eigenvalue weighted by Crippen LogP contribution is 2.34. The Hall–Kier alpha value is -2.80. The molecule has 3 heterocycles. The van der Waals surface area contributed by atoms with Crippen LogP contribution in [-0.4, -0.2) is 47.5 Å². The number of hydrogen-bond donors (Lipinski definition) is 1. The maximum atomic E-state index is 13.3. The van der Waals surface area contributed by atoms with Crippen LogP contribution in [0.15, 0.2) is 48.8 Å². The molecule has 1 aromatic carbocycles. The van der Waals surface area contributed by atoms with Gasteiger partial charge in [-0.25, -0.2) is 4.39 Å². The summed E-state index contributed by atoms with van der Waals surface area (Å²) in [5.74, 6) is -0.880. The Morgan fingerprint density at radius 1 is 1.26 bits per heavy atom. The molecule has 0 radical (unpaired) electrons. The van der Waals surface area contributed by atoms with E-state index in [1.165, 1.54) is 12.1 Å². The molecule has 1 aromatic heterocycles. The van der Waals surface area contributed by atoms with E-state index in [-0.39, 0.29) is 42.0 Å². The third kappa shape index (κ3) is 3.83. The first-order valence-electron chi connectivity index (χ1n) is 8.95. The Balaban J connectivity index is 1.37. The lowest BCUT2D eigenvalue weighted by Crippen LogP contribution is -2.34. The number of halogens is 1. The first-order valence-corrected chi connectivity index (χ1v) is 8.95. The van der Waals surface area contributed by atoms with E-state index in [1.54, 1.807) is 41.6 Å². The minimum absolute atomic E-state index is 0.0295. The number of ether oxygens (including phenoxy) is 1. The van der Waals surface area contributed by atoms with E-state index in [9.17, 15) is 14.0 Å². The van der Waals surface area contributed by atoms with Crippen molar-refractivity contribution in [3.8, 4) is 0 Å². The molecule has 6 nitrogen and oxygen atoms in total. The second-order valence-electron chi connectivity index (χ2n) is 6.98. The zero-order chi connectivity index (χ0) is 18.8. The van der Waals surface area contributed by atoms with Gasteiger partial charge in [-0.1, -0.05) is 12.1 Å². The van der Waals surface area contributed by atoms with Crippen molar-refractivity contribution in [2.75, 3.05) is 25.0 Å². The second-order valence-corrected chi connectivity index (χ2v) is 6.98. The van der Waals surface area contributed by atoms with Gasteiger partial charge in [0.25, 0.3) is 0 Å². The quantitative estimate of drug-likeness (QED) is 0.893. The number of anilines is 1. The number of aromatic nitrogens is 1. The summed E-state index contributed by atoms with van der Waals surface area (Å²) in [6, 6.07) is 9.59. The molecule has 0 unspecified atom stereocenters. The average molecular weight is 369 g/mol. The molecule has 2 aliphatic rings. The number of amides is 2. The van der Waals surface area contributed by atoms with Crippen molar-refractivity contribution in [2.45, 2.75) is 12.5 Å². The van der Waals surface area contributed by atoms with Crippen LogP contribution in [0.2, 0.25) is 0 Å². The fraction of sp³-hybridized carbons (Fsp3) is 0.350. The van der Waals surface area contributed by atoms with Crippen LogP contribution in [0, 0.1) is 17.7 Å². The number of carbonyl (C=O) groups is 2. The van der Waals surface area contributed by atoms with Gasteiger partial charge >= 0.3 is 0 Å². The Morgan fingerprint density at radius 2 is 2.15 bits per heavy atom. The van der Waals surface area contributed by atoms with Crippen LogP contribution in [-0.2, 0) is 20.7 Å². The molecule has 2 amide bonds. The van der Waals surface area contributed by atoms with Crippen molar-refractivity contribution in [3.63, 3.8) is 0 Å². The summed E-state index contributed by atoms with van der Waals surface area (Å²) in [6.45, 7) is 1.30. The molecular weight excluding hydrogens is 349 g/mol. The Labute approximate surface area is 156 Å². The van der Waals surface area contributed by atoms with Crippen LogP contribution in [0.4, 0.5) is 10.1 Å². The zero-order valence-corrected chi connectivity index (χ0v) is 14.7. The van der Waals surface area contributed by atoms with Crippen molar-refractivity contribution in [2.24, 2.45) is 11.8 Å². The lowest BCUT2D eigenvalue weighted by molar-refractivity contribution is -0.131. The van der Waals surface area contributed by atoms with E-state index in [1.807, 2.05) is 0 Å². The summed E-state index contributed by atoms with van der Waals surface area (Å²) >= 11 is 0. The van der Waals surface area contributed by atoms with E-state index in [0.717, 1.165) is 0 Å². The molecule has 2 aromatic rings. The van der Waals surface area contributed by atoms with Crippen LogP contribution < -0.4 is 5.32 Å². The topological polar surface area (TPSA) is 71.5 Å². The minimum atomic E-state index is -0.353. The van der Waals surface area contributed by atoms with Gasteiger partial charge in [-0.15, -0.1) is 0 Å². The number of nitrogens with zero attached hydrogens (tertiary/aromatic N) is 2. The first kappa shape index (κ1) is 17.6. The molecule has 7 heteroatoms. The number of hydrogen-bond acceptors (Lipinski definition) is 4. The summed E-state index contributed by atoms with van der Waals surface area (Å²) in [7, 11) is 0. The van der Waals surface area contributed by atoms with E-state index in [2.05, 4.69) is 10.3 Å². The van der Waals surface area contributed by atoms with Gasteiger partial charge in [-0.05, 0) is 29.8 Å². The molecule has 2 aliphatic heterocycles. The van der Waals surface area contributed by atoms with Crippen LogP contribution in [0.25, 0.3) is 0 Å². The number of benzene rings is 1. The molecule has 0 bridgehead atoms. The van der Waals surface area contributed by atoms with E-state index in [0.29, 0.717) is 30.9 Å². The van der Waals surface area contributed by atoms with Gasteiger partial charge in [-0.3, -0.25) is 14.6 Å². The standard InChI is InChI=1S/C20H20FN3O3/c21-14-4-1-3-13(7-14)8-19(25)24-10-16-17(12-27-18(16)11-24)20(26)23-15-5-2-6-22-9-15/h1-7,9,16-18H,8,10-12H2,(H,23,26)/t16-,17-,18-/m1/s1. The molecule has 27 heavy (non-hydrogen) atoms. The fourth-order valence-corrected chi connectivity index (χ4v) is 3.79. The van der Waals surface area contributed by atoms with Gasteiger partial charge in [0, 0.05) is 25.2 Å². The normalized spacial score (nSPS) is 23.9. The Morgan fingerprint density at radius 3 is 2.93 bits per heavy atom. The van der Waals surface area contributed by atoms with Crippen LogP contribution in [0.3, 0.4) is 0 Å². The number of fused-ring (bicyclic) bond motifs is 1. The van der Waals surface area contributed by atoms with Crippen molar-refractivity contribution in [3.05, 3.63) is 60.2 Å². The smallest absolute Gasteiger partial charge is 0.230 e. The molecule has 0 spiro atoms. The summed E-state index contributed by atoms with van der Waals surface area (Å²) in [6.07, 6.45) is 3.24. The Bertz CT molecular complexity index is 845. The molecule has 2 fully saturated rings. The second kappa shape index (κ2) is 7.44. The van der Waals surface area contributed by atoms with Gasteiger partial charge in [0.05, 0.1) is 36.9 Å². The predicted octanol–water partition coefficient (Wildman–Crippen LogP) is 1.88. The largest absolute Gasteiger partial charge is 0.375 e. The van der Waals surface area contributed by atoms with Crippen molar-refractivity contribution >= 4 is 17.5 Å². The summed E-state index contributed by atoms with van der Waals surface area (Å²) in [5, 5.41) is 2.86. The number of pyridine rings is 1. The van der Waals surface area contributed by atoms with E-state index in [4.69, 9.17) is 4.74 Å². The van der Waals surface area contributed by atoms with Gasteiger partial charge in [0.2, 0.25) is 11.8 Å². The third-order valence-corrected chi connectivity index (χ3v) is 5.18. The van der Waals surface area contributed by atoms with Crippen molar-refractivity contribution in [1.29, 1.82) is 0 Å². The summed E-state index contributed by atoms with van der Waals surface area (Å²) in [4.78, 5) is 30.9. The third-order valence-electron chi connectivity index (χ3n) is 5.18. The first-order chi connectivity index (χ1) is 13.1. The molecule has 1 N–H and O–H groups in total. The lowest BCUT2D eigenvalue weighted by Gasteiger charge is -2.20. The molecule has 0 saturated carbocycles. The van der Waals surface area contributed by atoms with Gasteiger partial charge in [0.1, 0.15) is 5.82 Å². The van der Waals surface area contributed by atoms with E-state index >= 15 is 0 Å². The highest BCUT2D eigenvalue weighted by molar-refractivity contribution is 5.93. The molecule has 140 valence electrons.